The van der Waals surface area contributed by atoms with Crippen LogP contribution in [0.4, 0.5) is 5.69 Å². The Morgan fingerprint density at radius 2 is 1.77 bits per heavy atom. The molecule has 1 aliphatic heterocycles. The van der Waals surface area contributed by atoms with Gasteiger partial charge in [-0.2, -0.15) is 0 Å². The fourth-order valence-electron chi connectivity index (χ4n) is 2.11. The van der Waals surface area contributed by atoms with Crippen LogP contribution in [0.5, 0.6) is 11.5 Å². The topological polar surface area (TPSA) is 47.6 Å². The SMILES string of the molecule is O=C(CNc1ccc(Cl)c(Cl)c1)c1ccc2c(c1)OCCO2. The van der Waals surface area contributed by atoms with Gasteiger partial charge in [0.25, 0.3) is 0 Å². The first-order chi connectivity index (χ1) is 10.6. The Kier molecular flexibility index (Phi) is 4.41. The number of hydrogen-bond donors (Lipinski definition) is 1. The highest BCUT2D eigenvalue weighted by molar-refractivity contribution is 6.42. The first kappa shape index (κ1) is 15.0. The number of benzene rings is 2. The molecule has 2 aromatic rings. The number of ketones is 1. The zero-order chi connectivity index (χ0) is 15.5. The maximum absolute atomic E-state index is 12.2. The van der Waals surface area contributed by atoms with Crippen LogP contribution in [-0.4, -0.2) is 25.5 Å². The van der Waals surface area contributed by atoms with Crippen LogP contribution in [0.25, 0.3) is 0 Å². The van der Waals surface area contributed by atoms with Crippen LogP contribution in [0.3, 0.4) is 0 Å². The van der Waals surface area contributed by atoms with Crippen LogP contribution in [0, 0.1) is 0 Å². The van der Waals surface area contributed by atoms with Crippen molar-refractivity contribution in [1.82, 2.24) is 0 Å². The number of halogens is 2. The van der Waals surface area contributed by atoms with Crippen molar-refractivity contribution in [2.24, 2.45) is 0 Å². The Morgan fingerprint density at radius 1 is 1.00 bits per heavy atom. The summed E-state index contributed by atoms with van der Waals surface area (Å²) in [5, 5.41) is 3.95. The Morgan fingerprint density at radius 3 is 2.55 bits per heavy atom. The summed E-state index contributed by atoms with van der Waals surface area (Å²) in [7, 11) is 0. The van der Waals surface area contributed by atoms with Gasteiger partial charge < -0.3 is 14.8 Å². The number of fused-ring (bicyclic) bond motifs is 1. The van der Waals surface area contributed by atoms with E-state index in [2.05, 4.69) is 5.32 Å². The summed E-state index contributed by atoms with van der Waals surface area (Å²) in [5.74, 6) is 1.22. The minimum absolute atomic E-state index is 0.0527. The van der Waals surface area contributed by atoms with E-state index in [0.29, 0.717) is 40.3 Å². The van der Waals surface area contributed by atoms with E-state index in [-0.39, 0.29) is 12.3 Å². The second-order valence-corrected chi connectivity index (χ2v) is 5.58. The molecule has 0 atom stereocenters. The lowest BCUT2D eigenvalue weighted by Crippen LogP contribution is -2.17. The molecule has 0 spiro atoms. The van der Waals surface area contributed by atoms with Gasteiger partial charge in [-0.15, -0.1) is 0 Å². The quantitative estimate of drug-likeness (QED) is 0.854. The zero-order valence-corrected chi connectivity index (χ0v) is 13.1. The van der Waals surface area contributed by atoms with Crippen molar-refractivity contribution in [3.8, 4) is 11.5 Å². The van der Waals surface area contributed by atoms with Crippen LogP contribution < -0.4 is 14.8 Å². The summed E-state index contributed by atoms with van der Waals surface area (Å²) in [4.78, 5) is 12.2. The highest BCUT2D eigenvalue weighted by Crippen LogP contribution is 2.31. The van der Waals surface area contributed by atoms with Gasteiger partial charge in [0.05, 0.1) is 16.6 Å². The molecule has 0 amide bonds. The number of rotatable bonds is 4. The highest BCUT2D eigenvalue weighted by atomic mass is 35.5. The third kappa shape index (κ3) is 3.29. The molecule has 1 N–H and O–H groups in total. The van der Waals surface area contributed by atoms with E-state index in [1.165, 1.54) is 0 Å². The second-order valence-electron chi connectivity index (χ2n) is 4.76. The average Bonchev–Trinajstić information content (AvgIpc) is 2.55. The Hall–Kier alpha value is -1.91. The van der Waals surface area contributed by atoms with Gasteiger partial charge in [0.15, 0.2) is 17.3 Å². The van der Waals surface area contributed by atoms with Gasteiger partial charge in [-0.3, -0.25) is 4.79 Å². The number of nitrogens with one attached hydrogen (secondary N) is 1. The van der Waals surface area contributed by atoms with Crippen molar-refractivity contribution in [2.75, 3.05) is 25.1 Å². The smallest absolute Gasteiger partial charge is 0.181 e. The molecule has 0 radical (unpaired) electrons. The van der Waals surface area contributed by atoms with E-state index in [1.54, 1.807) is 36.4 Å². The number of hydrogen-bond acceptors (Lipinski definition) is 4. The molecular formula is C16H13Cl2NO3. The first-order valence-electron chi connectivity index (χ1n) is 6.75. The predicted molar refractivity (Wildman–Crippen MR) is 86.7 cm³/mol. The molecule has 22 heavy (non-hydrogen) atoms. The van der Waals surface area contributed by atoms with Crippen molar-refractivity contribution < 1.29 is 14.3 Å². The summed E-state index contributed by atoms with van der Waals surface area (Å²) in [6, 6.07) is 10.3. The average molecular weight is 338 g/mol. The summed E-state index contributed by atoms with van der Waals surface area (Å²) >= 11 is 11.8. The lowest BCUT2D eigenvalue weighted by Gasteiger charge is -2.18. The lowest BCUT2D eigenvalue weighted by molar-refractivity contribution is 0.100. The predicted octanol–water partition coefficient (Wildman–Crippen LogP) is 4.06. The third-order valence-electron chi connectivity index (χ3n) is 3.24. The number of carbonyl (C=O) groups is 1. The van der Waals surface area contributed by atoms with Gasteiger partial charge in [-0.05, 0) is 36.4 Å². The molecule has 3 rings (SSSR count). The summed E-state index contributed by atoms with van der Waals surface area (Å²) in [6.07, 6.45) is 0. The van der Waals surface area contributed by atoms with Gasteiger partial charge in [-0.1, -0.05) is 23.2 Å². The molecule has 0 saturated heterocycles. The molecule has 114 valence electrons. The zero-order valence-electron chi connectivity index (χ0n) is 11.6. The molecule has 0 unspecified atom stereocenters. The number of Topliss-reactive ketones (excluding diaryl/α,β-unsaturated/α-hetero) is 1. The maximum Gasteiger partial charge on any atom is 0.181 e. The Bertz CT molecular complexity index is 719. The molecule has 1 aliphatic rings. The molecule has 0 saturated carbocycles. The summed E-state index contributed by atoms with van der Waals surface area (Å²) in [6.45, 7) is 1.17. The summed E-state index contributed by atoms with van der Waals surface area (Å²) in [5.41, 5.74) is 1.30. The number of anilines is 1. The van der Waals surface area contributed by atoms with Crippen LogP contribution in [0.15, 0.2) is 36.4 Å². The van der Waals surface area contributed by atoms with Crippen LogP contribution in [-0.2, 0) is 0 Å². The fraction of sp³-hybridized carbons (Fsp3) is 0.188. The van der Waals surface area contributed by atoms with Crippen molar-refractivity contribution in [2.45, 2.75) is 0 Å². The van der Waals surface area contributed by atoms with Crippen molar-refractivity contribution in [3.05, 3.63) is 52.0 Å². The van der Waals surface area contributed by atoms with Crippen molar-refractivity contribution in [3.63, 3.8) is 0 Å². The Labute approximate surface area is 137 Å². The Balaban J connectivity index is 1.68. The minimum Gasteiger partial charge on any atom is -0.486 e. The van der Waals surface area contributed by atoms with Gasteiger partial charge >= 0.3 is 0 Å². The third-order valence-corrected chi connectivity index (χ3v) is 3.98. The molecule has 4 nitrogen and oxygen atoms in total. The molecule has 2 aromatic carbocycles. The van der Waals surface area contributed by atoms with Gasteiger partial charge in [-0.25, -0.2) is 0 Å². The van der Waals surface area contributed by atoms with Crippen LogP contribution in [0.2, 0.25) is 10.0 Å². The fourth-order valence-corrected chi connectivity index (χ4v) is 2.41. The molecule has 0 bridgehead atoms. The van der Waals surface area contributed by atoms with E-state index in [0.717, 1.165) is 5.69 Å². The molecule has 6 heteroatoms. The number of ether oxygens (including phenoxy) is 2. The van der Waals surface area contributed by atoms with Crippen molar-refractivity contribution >= 4 is 34.7 Å². The summed E-state index contributed by atoms with van der Waals surface area (Å²) < 4.78 is 10.9. The van der Waals surface area contributed by atoms with Gasteiger partial charge in [0, 0.05) is 11.3 Å². The lowest BCUT2D eigenvalue weighted by atomic mass is 10.1. The second kappa shape index (κ2) is 6.46. The van der Waals surface area contributed by atoms with Gasteiger partial charge in [0.2, 0.25) is 0 Å². The monoisotopic (exact) mass is 337 g/mol. The molecule has 0 aromatic heterocycles. The molecule has 1 heterocycles. The van der Waals surface area contributed by atoms with E-state index in [1.807, 2.05) is 0 Å². The van der Waals surface area contributed by atoms with Crippen molar-refractivity contribution in [1.29, 1.82) is 0 Å². The molecule has 0 aliphatic carbocycles. The van der Waals surface area contributed by atoms with Crippen LogP contribution >= 0.6 is 23.2 Å². The minimum atomic E-state index is -0.0527. The highest BCUT2D eigenvalue weighted by Gasteiger charge is 2.14. The van der Waals surface area contributed by atoms with Gasteiger partial charge in [0.1, 0.15) is 13.2 Å². The van der Waals surface area contributed by atoms with Crippen LogP contribution in [0.1, 0.15) is 10.4 Å². The molecular weight excluding hydrogens is 325 g/mol. The molecule has 0 fully saturated rings. The normalized spacial score (nSPS) is 12.8. The van der Waals surface area contributed by atoms with E-state index >= 15 is 0 Å². The first-order valence-corrected chi connectivity index (χ1v) is 7.51. The maximum atomic E-state index is 12.2. The van der Waals surface area contributed by atoms with E-state index < -0.39 is 0 Å². The standard InChI is InChI=1S/C16H13Cl2NO3/c17-12-3-2-11(8-13(12)18)19-9-14(20)10-1-4-15-16(7-10)22-6-5-21-15/h1-4,7-8,19H,5-6,9H2. The van der Waals surface area contributed by atoms with E-state index in [4.69, 9.17) is 32.7 Å². The largest absolute Gasteiger partial charge is 0.486 e. The number of carbonyl (C=O) groups excluding carboxylic acids is 1. The van der Waals surface area contributed by atoms with E-state index in [9.17, 15) is 4.79 Å².